The van der Waals surface area contributed by atoms with Gasteiger partial charge in [-0.1, -0.05) is 0 Å². The van der Waals surface area contributed by atoms with E-state index in [-0.39, 0.29) is 5.78 Å². The Morgan fingerprint density at radius 1 is 1.00 bits per heavy atom. The molecule has 4 rings (SSSR count). The van der Waals surface area contributed by atoms with Gasteiger partial charge in [0.2, 0.25) is 5.78 Å². The molecule has 0 bridgehead atoms. The summed E-state index contributed by atoms with van der Waals surface area (Å²) in [5.74, 6) is -0.208. The molecule has 1 N–H and O–H groups in total. The third-order valence-corrected chi connectivity index (χ3v) is 3.66. The van der Waals surface area contributed by atoms with Crippen LogP contribution in [0.1, 0.15) is 22.5 Å². The Kier molecular flexibility index (Phi) is 3.51. The molecule has 0 atom stereocenters. The highest BCUT2D eigenvalue weighted by atomic mass is 16.1. The molecule has 0 spiro atoms. The van der Waals surface area contributed by atoms with Crippen LogP contribution in [0.5, 0.6) is 0 Å². The first kappa shape index (κ1) is 14.1. The third-order valence-electron chi connectivity index (χ3n) is 3.66. The predicted molar refractivity (Wildman–Crippen MR) is 89.0 cm³/mol. The molecule has 4 heterocycles. The van der Waals surface area contributed by atoms with Gasteiger partial charge in [-0.2, -0.15) is 15.3 Å². The van der Waals surface area contributed by atoms with Gasteiger partial charge in [-0.25, -0.2) is 0 Å². The standard InChI is InChI=1S/C17H12N6O/c24-17(15-7-13(20-22-15)11-3-1-5-18-9-11)16-8-14(21-23-16)12-4-2-6-19-10-12/h1-7,9-10H,8H2,(H,20,22). The van der Waals surface area contributed by atoms with Gasteiger partial charge < -0.3 is 0 Å². The fourth-order valence-corrected chi connectivity index (χ4v) is 2.42. The summed E-state index contributed by atoms with van der Waals surface area (Å²) < 4.78 is 0. The van der Waals surface area contributed by atoms with Crippen molar-refractivity contribution in [1.82, 2.24) is 20.2 Å². The number of carbonyl (C=O) groups is 1. The van der Waals surface area contributed by atoms with Crippen molar-refractivity contribution in [2.24, 2.45) is 10.2 Å². The molecule has 0 aliphatic carbocycles. The predicted octanol–water partition coefficient (Wildman–Crippen LogP) is 2.30. The highest BCUT2D eigenvalue weighted by molar-refractivity contribution is 6.49. The van der Waals surface area contributed by atoms with Gasteiger partial charge in [-0.3, -0.25) is 19.9 Å². The van der Waals surface area contributed by atoms with E-state index in [0.717, 1.165) is 16.8 Å². The summed E-state index contributed by atoms with van der Waals surface area (Å²) in [6.45, 7) is 0. The second kappa shape index (κ2) is 5.96. The highest BCUT2D eigenvalue weighted by Gasteiger charge is 2.23. The van der Waals surface area contributed by atoms with Gasteiger partial charge in [0.15, 0.2) is 0 Å². The van der Waals surface area contributed by atoms with E-state index in [0.29, 0.717) is 23.5 Å². The number of nitrogens with one attached hydrogen (secondary N) is 1. The number of pyridine rings is 2. The number of rotatable bonds is 4. The number of nitrogens with zero attached hydrogens (tertiary/aromatic N) is 5. The topological polar surface area (TPSA) is 96.2 Å². The minimum Gasteiger partial charge on any atom is -0.285 e. The van der Waals surface area contributed by atoms with Gasteiger partial charge >= 0.3 is 0 Å². The molecule has 7 heteroatoms. The molecule has 0 aromatic carbocycles. The molecule has 7 nitrogen and oxygen atoms in total. The van der Waals surface area contributed by atoms with Gasteiger partial charge in [-0.15, -0.1) is 0 Å². The van der Waals surface area contributed by atoms with E-state index in [2.05, 4.69) is 30.4 Å². The van der Waals surface area contributed by atoms with E-state index in [1.807, 2.05) is 24.3 Å². The van der Waals surface area contributed by atoms with E-state index in [9.17, 15) is 4.79 Å². The van der Waals surface area contributed by atoms with Crippen LogP contribution >= 0.6 is 0 Å². The summed E-state index contributed by atoms with van der Waals surface area (Å²) in [4.78, 5) is 20.7. The molecule has 116 valence electrons. The van der Waals surface area contributed by atoms with Crippen LogP contribution in [0.4, 0.5) is 0 Å². The number of carbonyl (C=O) groups excluding carboxylic acids is 1. The highest BCUT2D eigenvalue weighted by Crippen LogP contribution is 2.18. The molecule has 0 saturated heterocycles. The number of aromatic nitrogens is 4. The molecule has 0 unspecified atom stereocenters. The number of Topliss-reactive ketones (excluding diaryl/α,β-unsaturated/α-hetero) is 1. The lowest BCUT2D eigenvalue weighted by Gasteiger charge is -1.99. The lowest BCUT2D eigenvalue weighted by atomic mass is 10.0. The van der Waals surface area contributed by atoms with E-state index in [1.165, 1.54) is 0 Å². The quantitative estimate of drug-likeness (QED) is 0.747. The smallest absolute Gasteiger partial charge is 0.227 e. The lowest BCUT2D eigenvalue weighted by Crippen LogP contribution is -2.15. The fourth-order valence-electron chi connectivity index (χ4n) is 2.42. The molecule has 24 heavy (non-hydrogen) atoms. The SMILES string of the molecule is O=C(C1=NN=C(c2cccnc2)C1)c1cc(-c2cccnc2)n[nH]1. The van der Waals surface area contributed by atoms with Gasteiger partial charge in [0.1, 0.15) is 11.4 Å². The van der Waals surface area contributed by atoms with Gasteiger partial charge in [0.05, 0.1) is 11.4 Å². The second-order valence-electron chi connectivity index (χ2n) is 5.25. The monoisotopic (exact) mass is 316 g/mol. The van der Waals surface area contributed by atoms with Crippen molar-refractivity contribution in [1.29, 1.82) is 0 Å². The Bertz CT molecular complexity index is 943. The molecule has 1 aliphatic heterocycles. The second-order valence-corrected chi connectivity index (χ2v) is 5.25. The Labute approximate surface area is 137 Å². The first-order chi connectivity index (χ1) is 11.8. The Hall–Kier alpha value is -3.48. The van der Waals surface area contributed by atoms with Crippen LogP contribution < -0.4 is 0 Å². The third kappa shape index (κ3) is 2.63. The minimum atomic E-state index is -0.208. The first-order valence-electron chi connectivity index (χ1n) is 7.35. The van der Waals surface area contributed by atoms with E-state index < -0.39 is 0 Å². The van der Waals surface area contributed by atoms with Crippen LogP contribution in [-0.4, -0.2) is 37.4 Å². The summed E-state index contributed by atoms with van der Waals surface area (Å²) in [5.41, 5.74) is 3.88. The molecular formula is C17H12N6O. The van der Waals surface area contributed by atoms with Crippen molar-refractivity contribution in [2.45, 2.75) is 6.42 Å². The molecular weight excluding hydrogens is 304 g/mol. The van der Waals surface area contributed by atoms with Gasteiger partial charge in [-0.05, 0) is 30.3 Å². The van der Waals surface area contributed by atoms with Crippen LogP contribution in [0, 0.1) is 0 Å². The molecule has 3 aromatic heterocycles. The van der Waals surface area contributed by atoms with Crippen LogP contribution in [0.15, 0.2) is 65.3 Å². The summed E-state index contributed by atoms with van der Waals surface area (Å²) in [6.07, 6.45) is 7.16. The lowest BCUT2D eigenvalue weighted by molar-refractivity contribution is 0.106. The van der Waals surface area contributed by atoms with Crippen LogP contribution in [-0.2, 0) is 0 Å². The van der Waals surface area contributed by atoms with Crippen LogP contribution in [0.25, 0.3) is 11.3 Å². The van der Waals surface area contributed by atoms with Crippen molar-refractivity contribution in [3.05, 3.63) is 66.4 Å². The number of hydrogen-bond donors (Lipinski definition) is 1. The maximum atomic E-state index is 12.6. The van der Waals surface area contributed by atoms with Gasteiger partial charge in [0, 0.05) is 42.3 Å². The zero-order valence-electron chi connectivity index (χ0n) is 12.5. The van der Waals surface area contributed by atoms with E-state index >= 15 is 0 Å². The zero-order chi connectivity index (χ0) is 16.4. The fraction of sp³-hybridized carbons (Fsp3) is 0.0588. The molecule has 1 aliphatic rings. The molecule has 0 saturated carbocycles. The Morgan fingerprint density at radius 2 is 1.75 bits per heavy atom. The van der Waals surface area contributed by atoms with E-state index in [4.69, 9.17) is 0 Å². The maximum absolute atomic E-state index is 12.6. The number of H-pyrrole nitrogens is 1. The van der Waals surface area contributed by atoms with Crippen LogP contribution in [0.2, 0.25) is 0 Å². The van der Waals surface area contributed by atoms with Crippen molar-refractivity contribution >= 4 is 17.2 Å². The molecule has 3 aromatic rings. The number of hydrogen-bond acceptors (Lipinski definition) is 6. The van der Waals surface area contributed by atoms with Crippen LogP contribution in [0.3, 0.4) is 0 Å². The van der Waals surface area contributed by atoms with Crippen molar-refractivity contribution < 1.29 is 4.79 Å². The summed E-state index contributed by atoms with van der Waals surface area (Å²) >= 11 is 0. The van der Waals surface area contributed by atoms with Crippen molar-refractivity contribution in [2.75, 3.05) is 0 Å². The largest absolute Gasteiger partial charge is 0.285 e. The maximum Gasteiger partial charge on any atom is 0.227 e. The molecule has 0 radical (unpaired) electrons. The Morgan fingerprint density at radius 3 is 2.46 bits per heavy atom. The summed E-state index contributed by atoms with van der Waals surface area (Å²) in [6, 6.07) is 9.12. The molecule has 0 amide bonds. The Balaban J connectivity index is 1.51. The van der Waals surface area contributed by atoms with E-state index in [1.54, 1.807) is 30.9 Å². The average molecular weight is 316 g/mol. The minimum absolute atomic E-state index is 0.208. The first-order valence-corrected chi connectivity index (χ1v) is 7.35. The summed E-state index contributed by atoms with van der Waals surface area (Å²) in [5, 5.41) is 15.0. The average Bonchev–Trinajstić information content (AvgIpc) is 3.33. The van der Waals surface area contributed by atoms with Gasteiger partial charge in [0.25, 0.3) is 0 Å². The zero-order valence-corrected chi connectivity index (χ0v) is 12.5. The normalized spacial score (nSPS) is 13.5. The van der Waals surface area contributed by atoms with Crippen molar-refractivity contribution in [3.63, 3.8) is 0 Å². The number of ketones is 1. The number of aromatic amines is 1. The molecule has 0 fully saturated rings. The summed E-state index contributed by atoms with van der Waals surface area (Å²) in [7, 11) is 0. The van der Waals surface area contributed by atoms with Crippen molar-refractivity contribution in [3.8, 4) is 11.3 Å².